The van der Waals surface area contributed by atoms with E-state index in [9.17, 15) is 4.79 Å². The Balaban J connectivity index is 1.74. The summed E-state index contributed by atoms with van der Waals surface area (Å²) in [7, 11) is 0. The van der Waals surface area contributed by atoms with Gasteiger partial charge < -0.3 is 14.7 Å². The van der Waals surface area contributed by atoms with E-state index in [0.717, 1.165) is 46.6 Å². The summed E-state index contributed by atoms with van der Waals surface area (Å²) in [5, 5.41) is 6.88. The maximum Gasteiger partial charge on any atom is 0.322 e. The third-order valence-corrected chi connectivity index (χ3v) is 4.79. The van der Waals surface area contributed by atoms with Gasteiger partial charge in [0.1, 0.15) is 0 Å². The summed E-state index contributed by atoms with van der Waals surface area (Å²) in [5.41, 5.74) is 2.72. The third-order valence-electron chi connectivity index (χ3n) is 3.90. The molecule has 1 aromatic heterocycles. The molecule has 2 aromatic rings. The van der Waals surface area contributed by atoms with Crippen LogP contribution in [0.25, 0.3) is 0 Å². The zero-order valence-corrected chi connectivity index (χ0v) is 14.2. The van der Waals surface area contributed by atoms with E-state index >= 15 is 0 Å². The summed E-state index contributed by atoms with van der Waals surface area (Å²) in [6.07, 6.45) is 1.87. The Hall–Kier alpha value is -1.82. The Morgan fingerprint density at radius 1 is 1.41 bits per heavy atom. The van der Waals surface area contributed by atoms with Crippen molar-refractivity contribution >= 4 is 27.6 Å². The number of aryl methyl sites for hydroxylation is 2. The normalized spacial score (nSPS) is 17.8. The topological polar surface area (TPSA) is 58.4 Å². The van der Waals surface area contributed by atoms with E-state index in [1.807, 2.05) is 43.0 Å². The number of likely N-dealkylation sites (tertiary alicyclic amines) is 1. The van der Waals surface area contributed by atoms with Gasteiger partial charge in [-0.25, -0.2) is 4.79 Å². The zero-order chi connectivity index (χ0) is 15.7. The van der Waals surface area contributed by atoms with Crippen LogP contribution in [0, 0.1) is 13.8 Å². The van der Waals surface area contributed by atoms with Crippen molar-refractivity contribution in [2.75, 3.05) is 11.9 Å². The van der Waals surface area contributed by atoms with E-state index in [2.05, 4.69) is 26.4 Å². The first-order chi connectivity index (χ1) is 10.5. The Labute approximate surface area is 137 Å². The molecule has 0 radical (unpaired) electrons. The fraction of sp³-hybridized carbons (Fsp3) is 0.375. The minimum atomic E-state index is -0.0988. The van der Waals surface area contributed by atoms with E-state index < -0.39 is 0 Å². The highest BCUT2D eigenvalue weighted by atomic mass is 79.9. The van der Waals surface area contributed by atoms with Gasteiger partial charge in [-0.15, -0.1) is 0 Å². The van der Waals surface area contributed by atoms with E-state index in [1.165, 1.54) is 0 Å². The highest BCUT2D eigenvalue weighted by Crippen LogP contribution is 2.33. The summed E-state index contributed by atoms with van der Waals surface area (Å²) in [4.78, 5) is 14.4. The molecule has 5 nitrogen and oxygen atoms in total. The zero-order valence-electron chi connectivity index (χ0n) is 12.6. The molecular formula is C16H18BrN3O2. The Kier molecular flexibility index (Phi) is 4.20. The fourth-order valence-corrected chi connectivity index (χ4v) is 3.01. The van der Waals surface area contributed by atoms with Crippen LogP contribution in [0.1, 0.15) is 35.9 Å². The first-order valence-electron chi connectivity index (χ1n) is 7.31. The largest absolute Gasteiger partial charge is 0.359 e. The summed E-state index contributed by atoms with van der Waals surface area (Å²) in [6, 6.07) is 7.55. The molecule has 1 aliphatic rings. The second kappa shape index (κ2) is 6.12. The van der Waals surface area contributed by atoms with Crippen molar-refractivity contribution in [1.82, 2.24) is 10.1 Å². The lowest BCUT2D eigenvalue weighted by atomic mass is 10.1. The van der Waals surface area contributed by atoms with Crippen molar-refractivity contribution in [2.45, 2.75) is 32.7 Å². The molecular weight excluding hydrogens is 346 g/mol. The van der Waals surface area contributed by atoms with Crippen molar-refractivity contribution in [1.29, 1.82) is 0 Å². The number of carbonyl (C=O) groups is 1. The molecule has 0 bridgehead atoms. The first kappa shape index (κ1) is 15.1. The molecule has 0 aliphatic carbocycles. The molecule has 1 saturated heterocycles. The minimum Gasteiger partial charge on any atom is -0.359 e. The van der Waals surface area contributed by atoms with Crippen molar-refractivity contribution < 1.29 is 9.32 Å². The van der Waals surface area contributed by atoms with E-state index in [4.69, 9.17) is 4.52 Å². The number of hydrogen-bond acceptors (Lipinski definition) is 3. The predicted molar refractivity (Wildman–Crippen MR) is 87.8 cm³/mol. The van der Waals surface area contributed by atoms with E-state index in [1.54, 1.807) is 0 Å². The van der Waals surface area contributed by atoms with E-state index in [-0.39, 0.29) is 12.1 Å². The number of aromatic nitrogens is 1. The van der Waals surface area contributed by atoms with Gasteiger partial charge in [-0.3, -0.25) is 0 Å². The quantitative estimate of drug-likeness (QED) is 0.858. The number of hydrogen-bond donors (Lipinski definition) is 1. The molecule has 116 valence electrons. The Morgan fingerprint density at radius 2 is 2.23 bits per heavy atom. The number of rotatable bonds is 2. The number of carbonyl (C=O) groups excluding carboxylic acids is 1. The molecule has 6 heteroatoms. The molecule has 1 aliphatic heterocycles. The number of halogens is 1. The number of nitrogens with zero attached hydrogens (tertiary/aromatic N) is 2. The smallest absolute Gasteiger partial charge is 0.322 e. The average Bonchev–Trinajstić information content (AvgIpc) is 3.11. The molecule has 1 aromatic carbocycles. The number of anilines is 1. The number of amides is 2. The van der Waals surface area contributed by atoms with Crippen molar-refractivity contribution in [3.8, 4) is 0 Å². The van der Waals surface area contributed by atoms with Gasteiger partial charge in [0.2, 0.25) is 0 Å². The highest BCUT2D eigenvalue weighted by Gasteiger charge is 2.32. The molecule has 0 saturated carbocycles. The molecule has 2 amide bonds. The monoisotopic (exact) mass is 363 g/mol. The Morgan fingerprint density at radius 3 is 2.91 bits per heavy atom. The summed E-state index contributed by atoms with van der Waals surface area (Å²) in [5.74, 6) is 0.761. The lowest BCUT2D eigenvalue weighted by Gasteiger charge is -2.23. The van der Waals surface area contributed by atoms with Crippen molar-refractivity contribution in [3.63, 3.8) is 0 Å². The van der Waals surface area contributed by atoms with Crippen molar-refractivity contribution in [2.24, 2.45) is 0 Å². The summed E-state index contributed by atoms with van der Waals surface area (Å²) < 4.78 is 6.37. The van der Waals surface area contributed by atoms with Crippen LogP contribution in [0.2, 0.25) is 0 Å². The van der Waals surface area contributed by atoms with Crippen LogP contribution in [-0.2, 0) is 0 Å². The van der Waals surface area contributed by atoms with Crippen molar-refractivity contribution in [3.05, 3.63) is 45.8 Å². The summed E-state index contributed by atoms with van der Waals surface area (Å²) in [6.45, 7) is 4.61. The maximum absolute atomic E-state index is 12.5. The van der Waals surface area contributed by atoms with Crippen LogP contribution in [0.15, 0.2) is 33.3 Å². The van der Waals surface area contributed by atoms with Gasteiger partial charge >= 0.3 is 6.03 Å². The van der Waals surface area contributed by atoms with Crippen LogP contribution in [0.3, 0.4) is 0 Å². The average molecular weight is 364 g/mol. The highest BCUT2D eigenvalue weighted by molar-refractivity contribution is 9.10. The van der Waals surface area contributed by atoms with Gasteiger partial charge in [-0.05, 0) is 50.5 Å². The lowest BCUT2D eigenvalue weighted by Crippen LogP contribution is -2.34. The lowest BCUT2D eigenvalue weighted by molar-refractivity contribution is 0.195. The van der Waals surface area contributed by atoms with Gasteiger partial charge in [0, 0.05) is 22.8 Å². The molecule has 22 heavy (non-hydrogen) atoms. The van der Waals surface area contributed by atoms with Gasteiger partial charge in [0.05, 0.1) is 11.7 Å². The molecule has 1 atom stereocenters. The molecule has 1 fully saturated rings. The third kappa shape index (κ3) is 3.02. The Bertz CT molecular complexity index is 698. The van der Waals surface area contributed by atoms with Gasteiger partial charge in [-0.1, -0.05) is 21.1 Å². The van der Waals surface area contributed by atoms with Crippen LogP contribution in [0.4, 0.5) is 10.5 Å². The van der Waals surface area contributed by atoms with Crippen LogP contribution >= 0.6 is 15.9 Å². The van der Waals surface area contributed by atoms with Gasteiger partial charge in [0.25, 0.3) is 0 Å². The van der Waals surface area contributed by atoms with Crippen LogP contribution < -0.4 is 5.32 Å². The fourth-order valence-electron chi connectivity index (χ4n) is 2.76. The maximum atomic E-state index is 12.5. The molecule has 2 heterocycles. The number of nitrogens with one attached hydrogen (secondary N) is 1. The van der Waals surface area contributed by atoms with Gasteiger partial charge in [-0.2, -0.15) is 0 Å². The number of urea groups is 1. The molecule has 0 spiro atoms. The van der Waals surface area contributed by atoms with Gasteiger partial charge in [0.15, 0.2) is 5.76 Å². The van der Waals surface area contributed by atoms with Crippen LogP contribution in [-0.4, -0.2) is 22.6 Å². The molecule has 1 N–H and O–H groups in total. The second-order valence-electron chi connectivity index (χ2n) is 5.62. The second-order valence-corrected chi connectivity index (χ2v) is 6.47. The molecule has 0 unspecified atom stereocenters. The number of benzene rings is 1. The summed E-state index contributed by atoms with van der Waals surface area (Å²) >= 11 is 3.46. The van der Waals surface area contributed by atoms with E-state index in [0.29, 0.717) is 0 Å². The molecule has 3 rings (SSSR count). The SMILES string of the molecule is Cc1cc([C@H]2CCCN2C(=O)Nc2ccc(Br)c(C)c2)on1. The minimum absolute atomic E-state index is 0.0299. The van der Waals surface area contributed by atoms with Crippen LogP contribution in [0.5, 0.6) is 0 Å². The standard InChI is InChI=1S/C16H18BrN3O2/c1-10-8-12(5-6-13(10)17)18-16(21)20-7-3-4-14(20)15-9-11(2)19-22-15/h5-6,8-9,14H,3-4,7H2,1-2H3,(H,18,21)/t14-/m1/s1. The predicted octanol–water partition coefficient (Wildman–Crippen LogP) is 4.42. The first-order valence-corrected chi connectivity index (χ1v) is 8.11.